The number of carbonyl (C=O) groups excluding carboxylic acids is 2. The molecule has 146 heavy (non-hydrogen) atoms. The fraction of sp³-hybridized carbons (Fsp3) is 0.824. The van der Waals surface area contributed by atoms with Gasteiger partial charge in [-0.15, -0.1) is 0 Å². The first-order valence-electron chi connectivity index (χ1n) is 55.2. The van der Waals surface area contributed by atoms with E-state index in [2.05, 4.69) is 466 Å². The van der Waals surface area contributed by atoms with Gasteiger partial charge in [-0.1, -0.05) is 394 Å². The number of piperazine rings is 1. The Bertz CT molecular complexity index is 2320. The number of allylic oxidation sites excluding steroid dienone is 1. The number of aliphatic imine (C=N–C) groups is 1. The normalized spacial score (nSPS) is 15.4. The van der Waals surface area contributed by atoms with Crippen LogP contribution in [0.4, 0.5) is 4.79 Å². The van der Waals surface area contributed by atoms with Gasteiger partial charge in [-0.2, -0.15) is 0 Å². The number of ketones is 1. The zero-order valence-corrected chi connectivity index (χ0v) is 109. The summed E-state index contributed by atoms with van der Waals surface area (Å²) in [6.45, 7) is 147. The second-order valence-corrected chi connectivity index (χ2v) is 58.7. The highest BCUT2D eigenvalue weighted by Crippen LogP contribution is 2.16. The summed E-state index contributed by atoms with van der Waals surface area (Å²) in [7, 11) is 0. The van der Waals surface area contributed by atoms with Crippen LogP contribution in [0.1, 0.15) is 465 Å². The molecule has 4 aromatic rings. The maximum atomic E-state index is 10.2. The molecule has 9 fully saturated rings. The zero-order valence-electron chi connectivity index (χ0n) is 109. The Morgan fingerprint density at radius 2 is 0.541 bits per heavy atom. The summed E-state index contributed by atoms with van der Waals surface area (Å²) in [5.74, 6) is 1.16. The number of amides is 2. The summed E-state index contributed by atoms with van der Waals surface area (Å²) in [5, 5.41) is 23.9. The number of Topliss-reactive ketones (excluding diaryl/α,β-unsaturated/α-hetero) is 1. The van der Waals surface area contributed by atoms with E-state index in [4.69, 9.17) is 23.7 Å². The first kappa shape index (κ1) is 171. The van der Waals surface area contributed by atoms with Crippen LogP contribution in [-0.4, -0.2) is 171 Å². The Balaban J connectivity index is -0.000000103. The SMILES string of the molecule is C1=CN=CC1.C1CCNC1.C1CCOC1.C1CCOCC1.C1CNCCN1.C1COCCN1.C1COCN1.C=C1NCCO1.CC(C)(C)C.CC(C)(C)C.CC(C)(C)C.CC(C)(C)C.CC(C)(C)C.CC(C)(C)C.CC(C)(C)C.CC(C)(C)C.CC(C)(C)C.CC(C)(C)C.CC(C)(C)C.CC(C)(C)C.CC(C)(C)C.CC(C)(C)C.O=C1CCCC1.O=C1NCCN1.c1cc[nH]c1.c1cc[nH]c1.c1ccoc1.c1cocn1. The summed E-state index contributed by atoms with van der Waals surface area (Å²) < 4.78 is 33.8. The number of hydrogen-bond acceptors (Lipinski definition) is 17. The van der Waals surface area contributed by atoms with Crippen molar-refractivity contribution in [1.29, 1.82) is 0 Å². The second-order valence-electron chi connectivity index (χ2n) is 58.7. The molecule has 878 valence electrons. The first-order valence-corrected chi connectivity index (χ1v) is 55.2. The largest absolute Gasteiger partial charge is 0.478 e. The minimum Gasteiger partial charge on any atom is -0.478 e. The van der Waals surface area contributed by atoms with Gasteiger partial charge in [0.05, 0.1) is 51.8 Å². The Hall–Kier alpha value is -5.62. The number of oxazole rings is 1. The Kier molecular flexibility index (Phi) is 126. The predicted octanol–water partition coefficient (Wildman–Crippen LogP) is 34.9. The van der Waals surface area contributed by atoms with Crippen LogP contribution in [-0.2, 0) is 28.5 Å². The molecule has 2 amide bonds. The maximum Gasteiger partial charge on any atom is 0.314 e. The van der Waals surface area contributed by atoms with Crippen LogP contribution in [0.15, 0.2) is 131 Å². The number of furan rings is 1. The number of morpholine rings is 1. The van der Waals surface area contributed by atoms with E-state index in [-0.39, 0.29) is 6.03 Å². The van der Waals surface area contributed by atoms with Gasteiger partial charge >= 0.3 is 6.03 Å². The van der Waals surface area contributed by atoms with Crippen molar-refractivity contribution in [2.24, 2.45) is 80.8 Å². The lowest BCUT2D eigenvalue weighted by molar-refractivity contribution is -0.117. The number of ether oxygens (including phenoxy) is 5. The number of hydrogen-bond donors (Lipinski definition) is 10. The van der Waals surface area contributed by atoms with Gasteiger partial charge in [0.2, 0.25) is 0 Å². The number of urea groups is 1. The van der Waals surface area contributed by atoms with Gasteiger partial charge in [0, 0.05) is 142 Å². The van der Waals surface area contributed by atoms with Crippen molar-refractivity contribution in [3.63, 3.8) is 0 Å². The monoisotopic (exact) mass is 2080 g/mol. The van der Waals surface area contributed by atoms with Crippen molar-refractivity contribution in [1.82, 2.24) is 57.5 Å². The molecule has 0 bridgehead atoms. The molecule has 0 aromatic carbocycles. The molecule has 1 saturated carbocycles. The highest BCUT2D eigenvalue weighted by Gasteiger charge is 2.09. The van der Waals surface area contributed by atoms with Crippen LogP contribution < -0.4 is 42.5 Å². The molecule has 8 saturated heterocycles. The van der Waals surface area contributed by atoms with E-state index >= 15 is 0 Å². The van der Waals surface area contributed by atoms with Crippen molar-refractivity contribution in [3.8, 4) is 0 Å². The fourth-order valence-electron chi connectivity index (χ4n) is 6.16. The molecule has 14 rings (SSSR count). The number of aromatic nitrogens is 3. The Labute approximate surface area is 913 Å². The average molecular weight is 2080 g/mol. The topological polar surface area (TPSA) is 260 Å². The highest BCUT2D eigenvalue weighted by molar-refractivity contribution is 5.80. The molecular weight excluding hydrogens is 1810 g/mol. The minimum absolute atomic E-state index is 0.0463. The van der Waals surface area contributed by atoms with Crippen molar-refractivity contribution >= 4 is 18.0 Å². The first-order chi connectivity index (χ1) is 65.7. The summed E-state index contributed by atoms with van der Waals surface area (Å²) in [4.78, 5) is 33.3. The molecule has 0 atom stereocenters. The second kappa shape index (κ2) is 108. The third-order valence-corrected chi connectivity index (χ3v) is 10.2. The third-order valence-electron chi connectivity index (χ3n) is 10.2. The van der Waals surface area contributed by atoms with Gasteiger partial charge in [0.15, 0.2) is 12.3 Å². The zero-order chi connectivity index (χ0) is 117. The van der Waals surface area contributed by atoms with Gasteiger partial charge in [0.25, 0.3) is 0 Å². The molecule has 21 nitrogen and oxygen atoms in total. The van der Waals surface area contributed by atoms with Crippen molar-refractivity contribution < 1.29 is 42.1 Å². The highest BCUT2D eigenvalue weighted by atomic mass is 16.5. The molecule has 4 aromatic heterocycles. The lowest BCUT2D eigenvalue weighted by atomic mass is 10.0. The molecule has 1 aliphatic carbocycles. The minimum atomic E-state index is -0.0463. The third kappa shape index (κ3) is 485. The summed E-state index contributed by atoms with van der Waals surface area (Å²) in [6, 6.07) is 11.4. The molecule has 21 heteroatoms. The van der Waals surface area contributed by atoms with Crippen LogP contribution in [0.25, 0.3) is 0 Å². The number of H-pyrrole nitrogens is 2. The average Bonchev–Trinajstić information content (AvgIpc) is 1.90. The van der Waals surface area contributed by atoms with Crippen LogP contribution in [0.5, 0.6) is 0 Å². The number of nitrogens with zero attached hydrogens (tertiary/aromatic N) is 2. The maximum absolute atomic E-state index is 10.2. The number of aromatic amines is 2. The van der Waals surface area contributed by atoms with E-state index in [1.165, 1.54) is 70.7 Å². The van der Waals surface area contributed by atoms with Crippen molar-refractivity contribution in [2.45, 2.75) is 465 Å². The fourth-order valence-corrected chi connectivity index (χ4v) is 6.16. The van der Waals surface area contributed by atoms with Gasteiger partial charge < -0.3 is 79.7 Å². The summed E-state index contributed by atoms with van der Waals surface area (Å²) in [6.07, 6.45) is 35.2. The molecule has 0 unspecified atom stereocenters. The summed E-state index contributed by atoms with van der Waals surface area (Å²) in [5.41, 5.74) is 7.00. The van der Waals surface area contributed by atoms with Gasteiger partial charge in [0.1, 0.15) is 18.7 Å². The molecule has 0 spiro atoms. The lowest BCUT2D eigenvalue weighted by Gasteiger charge is -2.11. The van der Waals surface area contributed by atoms with Crippen LogP contribution in [0.2, 0.25) is 0 Å². The Morgan fingerprint density at radius 1 is 0.267 bits per heavy atom. The van der Waals surface area contributed by atoms with Gasteiger partial charge in [-0.05, 0) is 190 Å². The van der Waals surface area contributed by atoms with E-state index in [1.807, 2.05) is 73.5 Å². The van der Waals surface area contributed by atoms with E-state index in [9.17, 15) is 9.59 Å². The molecule has 13 heterocycles. The number of nitrogens with one attached hydrogen (secondary N) is 10. The molecule has 10 aliphatic rings. The van der Waals surface area contributed by atoms with E-state index in [0.717, 1.165) is 157 Å². The molecular formula is C125H264N12O9. The van der Waals surface area contributed by atoms with Crippen LogP contribution in [0, 0.1) is 75.8 Å². The van der Waals surface area contributed by atoms with Crippen molar-refractivity contribution in [2.75, 3.05) is 138 Å². The quantitative estimate of drug-likeness (QED) is 0.0785. The smallest absolute Gasteiger partial charge is 0.314 e. The van der Waals surface area contributed by atoms with Crippen LogP contribution >= 0.6 is 0 Å². The standard InChI is InChI=1S/C5H10O.C5H8O.14C5H12.C4H10N2.C4H7NO.C4H9NO.C4H9N.3C4H5N.C4H8O.C4H4O.C3H6N2O.C3H7NO.C3H3NO/c1-2-4-6-5-3-1;6-5-3-1-2-4-5;14*1-5(2,3)4;1-2-6-4-3-5-1;1-4-5-2-3-6-4;1-3-6-4-2-5-1;6*1-2-4-5-3-1;6-3-4-1-2-5-3;2*1-2-5-3-4-1/h1-5H2;1-4H2;14*1-4H3;5-6H,1-4H2;5H,1-3H2;5H,1-4H2;5H,1-4H2;1,3-4H,2H2;2*1-5H;1-4H2;1-4H;1-2H2,(H2,4,5,6);4H,1-3H2;1-3H. The van der Waals surface area contributed by atoms with Gasteiger partial charge in [-0.3, -0.25) is 15.1 Å². The number of carbonyl (C=O) groups is 2. The molecule has 9 aliphatic heterocycles. The van der Waals surface area contributed by atoms with E-state index < -0.39 is 0 Å². The van der Waals surface area contributed by atoms with E-state index in [1.54, 1.807) is 24.9 Å². The Morgan fingerprint density at radius 3 is 0.630 bits per heavy atom. The number of rotatable bonds is 0. The van der Waals surface area contributed by atoms with Crippen molar-refractivity contribution in [3.05, 3.63) is 117 Å². The lowest BCUT2D eigenvalue weighted by Crippen LogP contribution is -2.39. The van der Waals surface area contributed by atoms with E-state index in [0.29, 0.717) is 87.5 Å². The van der Waals surface area contributed by atoms with Gasteiger partial charge in [-0.25, -0.2) is 9.78 Å². The molecule has 0 radical (unpaired) electrons. The van der Waals surface area contributed by atoms with Crippen LogP contribution in [0.3, 0.4) is 0 Å². The summed E-state index contributed by atoms with van der Waals surface area (Å²) >= 11 is 0. The molecule has 10 N–H and O–H groups in total. The predicted molar refractivity (Wildman–Crippen MR) is 654 cm³/mol.